The van der Waals surface area contributed by atoms with Crippen LogP contribution in [0.15, 0.2) is 18.2 Å². The summed E-state index contributed by atoms with van der Waals surface area (Å²) in [5.41, 5.74) is 0.471. The van der Waals surface area contributed by atoms with E-state index in [9.17, 15) is 4.39 Å². The molecule has 2 nitrogen and oxygen atoms in total. The molecule has 0 heterocycles. The van der Waals surface area contributed by atoms with Crippen LogP contribution in [0.25, 0.3) is 0 Å². The van der Waals surface area contributed by atoms with E-state index in [1.54, 1.807) is 12.1 Å². The van der Waals surface area contributed by atoms with E-state index in [-0.39, 0.29) is 17.8 Å². The minimum absolute atomic E-state index is 0.130. The Morgan fingerprint density at radius 1 is 1.41 bits per heavy atom. The summed E-state index contributed by atoms with van der Waals surface area (Å²) in [6.07, 6.45) is 0.591. The third-order valence-electron chi connectivity index (χ3n) is 2.61. The number of hydrogen-bond acceptors (Lipinski definition) is 2. The highest BCUT2D eigenvalue weighted by atomic mass is 35.5. The smallest absolute Gasteiger partial charge is 0.126 e. The maximum Gasteiger partial charge on any atom is 0.126 e. The molecule has 0 amide bonds. The van der Waals surface area contributed by atoms with Crippen molar-refractivity contribution in [3.8, 4) is 0 Å². The summed E-state index contributed by atoms with van der Waals surface area (Å²) < 4.78 is 13.4. The molecule has 0 bridgehead atoms. The summed E-state index contributed by atoms with van der Waals surface area (Å²) >= 11 is 5.80. The van der Waals surface area contributed by atoms with Gasteiger partial charge in [-0.3, -0.25) is 0 Å². The molecule has 0 aliphatic carbocycles. The second-order valence-electron chi connectivity index (χ2n) is 4.98. The molecule has 0 saturated carbocycles. The summed E-state index contributed by atoms with van der Waals surface area (Å²) in [6.45, 7) is 5.44. The molecule has 1 aromatic rings. The lowest BCUT2D eigenvalue weighted by atomic mass is 9.95. The highest BCUT2D eigenvalue weighted by Gasteiger charge is 2.15. The van der Waals surface area contributed by atoms with E-state index in [4.69, 9.17) is 16.7 Å². The molecule has 0 unspecified atom stereocenters. The maximum absolute atomic E-state index is 13.4. The molecule has 2 N–H and O–H groups in total. The normalized spacial score (nSPS) is 11.8. The Balaban J connectivity index is 2.38. The van der Waals surface area contributed by atoms with Crippen molar-refractivity contribution >= 4 is 11.6 Å². The number of halogens is 2. The van der Waals surface area contributed by atoms with E-state index < -0.39 is 0 Å². The van der Waals surface area contributed by atoms with Crippen LogP contribution in [0.2, 0.25) is 5.02 Å². The number of nitrogens with one attached hydrogen (secondary N) is 1. The van der Waals surface area contributed by atoms with Gasteiger partial charge in [0.05, 0.1) is 0 Å². The number of hydrogen-bond donors (Lipinski definition) is 2. The van der Waals surface area contributed by atoms with Crippen molar-refractivity contribution in [1.29, 1.82) is 0 Å². The Hall–Kier alpha value is -0.640. The van der Waals surface area contributed by atoms with Gasteiger partial charge in [-0.25, -0.2) is 4.39 Å². The van der Waals surface area contributed by atoms with Crippen LogP contribution in [0, 0.1) is 11.2 Å². The van der Waals surface area contributed by atoms with Crippen LogP contribution in [0.4, 0.5) is 4.39 Å². The van der Waals surface area contributed by atoms with Crippen molar-refractivity contribution < 1.29 is 9.50 Å². The molecule has 0 saturated heterocycles. The third kappa shape index (κ3) is 5.02. The van der Waals surface area contributed by atoms with Gasteiger partial charge in [-0.2, -0.15) is 0 Å². The predicted octanol–water partition coefficient (Wildman–Crippen LogP) is 2.63. The first-order valence-corrected chi connectivity index (χ1v) is 6.08. The van der Waals surface area contributed by atoms with Gasteiger partial charge in [0.25, 0.3) is 0 Å². The van der Waals surface area contributed by atoms with E-state index in [0.29, 0.717) is 30.1 Å². The molecule has 0 atom stereocenters. The third-order valence-corrected chi connectivity index (χ3v) is 2.85. The Morgan fingerprint density at radius 3 is 2.76 bits per heavy atom. The molecule has 0 fully saturated rings. The predicted molar refractivity (Wildman–Crippen MR) is 68.9 cm³/mol. The molecule has 0 radical (unpaired) electrons. The van der Waals surface area contributed by atoms with E-state index in [1.807, 2.05) is 13.8 Å². The molecule has 1 aromatic carbocycles. The molecule has 0 aliphatic rings. The van der Waals surface area contributed by atoms with E-state index in [0.717, 1.165) is 0 Å². The zero-order valence-electron chi connectivity index (χ0n) is 10.3. The number of rotatable bonds is 6. The van der Waals surface area contributed by atoms with E-state index >= 15 is 0 Å². The minimum Gasteiger partial charge on any atom is -0.396 e. The number of aliphatic hydroxyl groups excluding tert-OH is 1. The molecule has 17 heavy (non-hydrogen) atoms. The monoisotopic (exact) mass is 259 g/mol. The van der Waals surface area contributed by atoms with Gasteiger partial charge in [0.1, 0.15) is 5.82 Å². The Kier molecular flexibility index (Phi) is 5.37. The zero-order valence-corrected chi connectivity index (χ0v) is 11.0. The maximum atomic E-state index is 13.4. The Morgan fingerprint density at radius 2 is 2.12 bits per heavy atom. The summed E-state index contributed by atoms with van der Waals surface area (Å²) in [6, 6.07) is 4.58. The SMILES string of the molecule is CC(C)(CO)CNCCc1cc(Cl)ccc1F. The second kappa shape index (κ2) is 6.34. The van der Waals surface area contributed by atoms with E-state index in [1.165, 1.54) is 6.07 Å². The fourth-order valence-corrected chi connectivity index (χ4v) is 1.64. The highest BCUT2D eigenvalue weighted by Crippen LogP contribution is 2.15. The highest BCUT2D eigenvalue weighted by molar-refractivity contribution is 6.30. The molecule has 0 aliphatic heterocycles. The average molecular weight is 260 g/mol. The van der Waals surface area contributed by atoms with Crippen LogP contribution in [0.1, 0.15) is 19.4 Å². The van der Waals surface area contributed by atoms with Gasteiger partial charge in [0.2, 0.25) is 0 Å². The van der Waals surface area contributed by atoms with Crippen molar-refractivity contribution in [2.45, 2.75) is 20.3 Å². The van der Waals surface area contributed by atoms with Gasteiger partial charge < -0.3 is 10.4 Å². The van der Waals surface area contributed by atoms with Gasteiger partial charge in [0, 0.05) is 23.6 Å². The lowest BCUT2D eigenvalue weighted by Crippen LogP contribution is -2.33. The Labute approximate surface area is 107 Å². The van der Waals surface area contributed by atoms with Crippen LogP contribution in [-0.4, -0.2) is 24.8 Å². The molecular formula is C13H19ClFNO. The quantitative estimate of drug-likeness (QED) is 0.770. The second-order valence-corrected chi connectivity index (χ2v) is 5.42. The summed E-state index contributed by atoms with van der Waals surface area (Å²) in [4.78, 5) is 0. The topological polar surface area (TPSA) is 32.3 Å². The van der Waals surface area contributed by atoms with E-state index in [2.05, 4.69) is 5.32 Å². The van der Waals surface area contributed by atoms with Crippen molar-refractivity contribution in [3.63, 3.8) is 0 Å². The summed E-state index contributed by atoms with van der Waals surface area (Å²) in [7, 11) is 0. The van der Waals surface area contributed by atoms with Gasteiger partial charge in [-0.15, -0.1) is 0 Å². The van der Waals surface area contributed by atoms with Crippen molar-refractivity contribution in [2.75, 3.05) is 19.7 Å². The molecule has 0 spiro atoms. The van der Waals surface area contributed by atoms with Crippen LogP contribution in [0.3, 0.4) is 0 Å². The first-order valence-electron chi connectivity index (χ1n) is 5.70. The first kappa shape index (κ1) is 14.4. The van der Waals surface area contributed by atoms with Gasteiger partial charge >= 0.3 is 0 Å². The molecule has 0 aromatic heterocycles. The largest absolute Gasteiger partial charge is 0.396 e. The molecule has 1 rings (SSSR count). The van der Waals surface area contributed by atoms with Crippen LogP contribution >= 0.6 is 11.6 Å². The molecule has 96 valence electrons. The fourth-order valence-electron chi connectivity index (χ4n) is 1.44. The average Bonchev–Trinajstić information content (AvgIpc) is 2.29. The van der Waals surface area contributed by atoms with Crippen LogP contribution in [0.5, 0.6) is 0 Å². The molecule has 4 heteroatoms. The molecular weight excluding hydrogens is 241 g/mol. The summed E-state index contributed by atoms with van der Waals surface area (Å²) in [5, 5.41) is 12.8. The standard InChI is InChI=1S/C13H19ClFNO/c1-13(2,9-17)8-16-6-5-10-7-11(14)3-4-12(10)15/h3-4,7,16-17H,5-6,8-9H2,1-2H3. The van der Waals surface area contributed by atoms with Crippen molar-refractivity contribution in [2.24, 2.45) is 5.41 Å². The fraction of sp³-hybridized carbons (Fsp3) is 0.538. The lowest BCUT2D eigenvalue weighted by Gasteiger charge is -2.21. The number of benzene rings is 1. The first-order chi connectivity index (χ1) is 7.94. The van der Waals surface area contributed by atoms with Gasteiger partial charge in [-0.1, -0.05) is 25.4 Å². The minimum atomic E-state index is -0.224. The van der Waals surface area contributed by atoms with Gasteiger partial charge in [0.15, 0.2) is 0 Å². The van der Waals surface area contributed by atoms with Crippen LogP contribution < -0.4 is 5.32 Å². The van der Waals surface area contributed by atoms with Crippen molar-refractivity contribution in [3.05, 3.63) is 34.6 Å². The van der Waals surface area contributed by atoms with Gasteiger partial charge in [-0.05, 0) is 36.7 Å². The lowest BCUT2D eigenvalue weighted by molar-refractivity contribution is 0.157. The van der Waals surface area contributed by atoms with Crippen LogP contribution in [-0.2, 0) is 6.42 Å². The number of aliphatic hydroxyl groups is 1. The summed E-state index contributed by atoms with van der Waals surface area (Å²) in [5.74, 6) is -0.224. The van der Waals surface area contributed by atoms with Crippen molar-refractivity contribution in [1.82, 2.24) is 5.32 Å². The Bertz CT molecular complexity index is 368. The zero-order chi connectivity index (χ0) is 12.9.